The first-order valence-corrected chi connectivity index (χ1v) is 12.1. The number of benzene rings is 2. The van der Waals surface area contributed by atoms with Crippen molar-refractivity contribution in [2.75, 3.05) is 0 Å². The number of amides is 1. The van der Waals surface area contributed by atoms with Crippen LogP contribution in [0, 0.1) is 5.41 Å². The van der Waals surface area contributed by atoms with E-state index < -0.39 is 0 Å². The van der Waals surface area contributed by atoms with E-state index in [0.29, 0.717) is 30.1 Å². The van der Waals surface area contributed by atoms with Gasteiger partial charge < -0.3 is 25.4 Å². The number of H-pyrrole nitrogens is 2. The summed E-state index contributed by atoms with van der Waals surface area (Å²) in [6.45, 7) is 0.353. The zero-order valence-corrected chi connectivity index (χ0v) is 20.2. The van der Waals surface area contributed by atoms with Crippen LogP contribution >= 0.6 is 0 Å². The summed E-state index contributed by atoms with van der Waals surface area (Å²) in [4.78, 5) is 33.1. The summed E-state index contributed by atoms with van der Waals surface area (Å²) in [6, 6.07) is 20.4. The molecular weight excluding hydrogens is 480 g/mol. The number of nitrogens with zero attached hydrogens (tertiary/aromatic N) is 3. The van der Waals surface area contributed by atoms with Gasteiger partial charge in [0.15, 0.2) is 5.76 Å². The lowest BCUT2D eigenvalue weighted by atomic mass is 10.0. The molecule has 0 radical (unpaired) electrons. The highest BCUT2D eigenvalue weighted by atomic mass is 16.3. The third-order valence-electron chi connectivity index (χ3n) is 6.35. The zero-order chi connectivity index (χ0) is 26.1. The average Bonchev–Trinajstić information content (AvgIpc) is 3.68. The van der Waals surface area contributed by atoms with Crippen LogP contribution in [0.3, 0.4) is 0 Å². The molecule has 6 N–H and O–H groups in total. The molecule has 0 spiro atoms. The largest absolute Gasteiger partial charge is 0.456 e. The van der Waals surface area contributed by atoms with Crippen molar-refractivity contribution in [3.8, 4) is 0 Å². The Kier molecular flexibility index (Phi) is 5.89. The predicted octanol–water partition coefficient (Wildman–Crippen LogP) is 4.02. The van der Waals surface area contributed by atoms with Crippen molar-refractivity contribution in [1.82, 2.24) is 30.2 Å². The van der Waals surface area contributed by atoms with Gasteiger partial charge in [-0.1, -0.05) is 18.2 Å². The number of amidine groups is 1. The molecule has 10 nitrogen and oxygen atoms in total. The van der Waals surface area contributed by atoms with Gasteiger partial charge in [-0.05, 0) is 54.1 Å². The molecule has 4 heterocycles. The number of imidazole rings is 2. The van der Waals surface area contributed by atoms with Gasteiger partial charge in [0, 0.05) is 30.9 Å². The number of nitrogens with two attached hydrogens (primary N) is 1. The van der Waals surface area contributed by atoms with Gasteiger partial charge in [-0.25, -0.2) is 9.97 Å². The van der Waals surface area contributed by atoms with Crippen molar-refractivity contribution in [2.45, 2.75) is 18.9 Å². The number of para-hydroxylation sites is 2. The standard InChI is InChI=1S/C28H24N8O2/c29-25(30)17-7-9-22-23(12-17)36-27(35-22)19(26-33-20-5-1-2-6-21(20)34-26)13-18-8-10-24(38-18)28(37)32-15-16-4-3-11-31-14-16/h1-12,14,19H,13,15H2,(H3,29,30)(H,32,37)(H,33,34)(H,35,36). The van der Waals surface area contributed by atoms with Crippen molar-refractivity contribution < 1.29 is 9.21 Å². The summed E-state index contributed by atoms with van der Waals surface area (Å²) >= 11 is 0. The number of aromatic nitrogens is 5. The van der Waals surface area contributed by atoms with Crippen molar-refractivity contribution in [1.29, 1.82) is 5.41 Å². The Hall–Kier alpha value is -5.25. The molecule has 1 unspecified atom stereocenters. The third kappa shape index (κ3) is 4.62. The van der Waals surface area contributed by atoms with Crippen LogP contribution in [0.25, 0.3) is 22.1 Å². The van der Waals surface area contributed by atoms with Crippen molar-refractivity contribution >= 4 is 33.8 Å². The maximum atomic E-state index is 12.7. The molecule has 0 saturated heterocycles. The average molecular weight is 505 g/mol. The van der Waals surface area contributed by atoms with Crippen molar-refractivity contribution in [2.24, 2.45) is 5.73 Å². The lowest BCUT2D eigenvalue weighted by Crippen LogP contribution is -2.22. The molecule has 10 heteroatoms. The minimum atomic E-state index is -0.312. The highest BCUT2D eigenvalue weighted by molar-refractivity contribution is 5.98. The Balaban J connectivity index is 1.30. The number of aromatic amines is 2. The summed E-state index contributed by atoms with van der Waals surface area (Å²) < 4.78 is 5.95. The molecule has 0 aliphatic heterocycles. The SMILES string of the molecule is N=C(N)c1ccc2nc(C(Cc3ccc(C(=O)NCc4cccnc4)o3)c3nc4ccccc4[nH]3)[nH]c2c1. The molecule has 6 rings (SSSR count). The normalized spacial score (nSPS) is 12.1. The molecule has 0 aliphatic carbocycles. The van der Waals surface area contributed by atoms with Gasteiger partial charge in [0.05, 0.1) is 28.0 Å². The van der Waals surface area contributed by atoms with E-state index >= 15 is 0 Å². The lowest BCUT2D eigenvalue weighted by molar-refractivity contribution is 0.0921. The van der Waals surface area contributed by atoms with Crippen LogP contribution < -0.4 is 11.1 Å². The quantitative estimate of drug-likeness (QED) is 0.155. The molecule has 0 fully saturated rings. The summed E-state index contributed by atoms with van der Waals surface area (Å²) in [6.07, 6.45) is 3.81. The molecular formula is C28H24N8O2. The minimum absolute atomic E-state index is 0.0122. The number of furan rings is 1. The number of hydrogen-bond donors (Lipinski definition) is 5. The Morgan fingerprint density at radius 3 is 2.53 bits per heavy atom. The first-order valence-electron chi connectivity index (χ1n) is 12.1. The number of hydrogen-bond acceptors (Lipinski definition) is 6. The topological polar surface area (TPSA) is 162 Å². The second-order valence-corrected chi connectivity index (χ2v) is 8.97. The van der Waals surface area contributed by atoms with Crippen LogP contribution in [0.1, 0.15) is 45.0 Å². The Bertz CT molecular complexity index is 1730. The van der Waals surface area contributed by atoms with Crippen molar-refractivity contribution in [3.63, 3.8) is 0 Å². The second kappa shape index (κ2) is 9.66. The summed E-state index contributed by atoms with van der Waals surface area (Å²) in [5.74, 6) is 1.61. The smallest absolute Gasteiger partial charge is 0.287 e. The molecule has 1 amide bonds. The first kappa shape index (κ1) is 23.2. The van der Waals surface area contributed by atoms with E-state index in [1.54, 1.807) is 36.7 Å². The molecule has 0 aliphatic rings. The van der Waals surface area contributed by atoms with E-state index in [9.17, 15) is 4.79 Å². The van der Waals surface area contributed by atoms with E-state index in [1.807, 2.05) is 42.5 Å². The van der Waals surface area contributed by atoms with Gasteiger partial charge in [-0.15, -0.1) is 0 Å². The van der Waals surface area contributed by atoms with Gasteiger partial charge in [0.25, 0.3) is 5.91 Å². The summed E-state index contributed by atoms with van der Waals surface area (Å²) in [5.41, 5.74) is 10.5. The summed E-state index contributed by atoms with van der Waals surface area (Å²) in [5, 5.41) is 10.6. The van der Waals surface area contributed by atoms with E-state index in [2.05, 4.69) is 20.3 Å². The van der Waals surface area contributed by atoms with Gasteiger partial charge in [0.2, 0.25) is 0 Å². The number of pyridine rings is 1. The third-order valence-corrected chi connectivity index (χ3v) is 6.35. The highest BCUT2D eigenvalue weighted by Crippen LogP contribution is 2.29. The molecule has 0 bridgehead atoms. The van der Waals surface area contributed by atoms with E-state index in [4.69, 9.17) is 25.5 Å². The minimum Gasteiger partial charge on any atom is -0.456 e. The van der Waals surface area contributed by atoms with Crippen LogP contribution in [-0.2, 0) is 13.0 Å². The number of carbonyl (C=O) groups is 1. The monoisotopic (exact) mass is 504 g/mol. The molecule has 6 aromatic rings. The van der Waals surface area contributed by atoms with Gasteiger partial charge in [0.1, 0.15) is 23.2 Å². The van der Waals surface area contributed by atoms with Crippen molar-refractivity contribution in [3.05, 3.63) is 113 Å². The van der Waals surface area contributed by atoms with E-state index in [0.717, 1.165) is 33.5 Å². The number of nitrogens with one attached hydrogen (secondary N) is 4. The number of nitrogen functional groups attached to an aromatic ring is 1. The maximum Gasteiger partial charge on any atom is 0.287 e. The zero-order valence-electron chi connectivity index (χ0n) is 20.2. The van der Waals surface area contributed by atoms with Gasteiger partial charge in [-0.2, -0.15) is 0 Å². The molecule has 4 aromatic heterocycles. The number of carbonyl (C=O) groups excluding carboxylic acids is 1. The van der Waals surface area contributed by atoms with E-state index in [-0.39, 0.29) is 23.4 Å². The number of rotatable bonds is 8. The fourth-order valence-electron chi connectivity index (χ4n) is 4.41. The fraction of sp³-hybridized carbons (Fsp3) is 0.107. The highest BCUT2D eigenvalue weighted by Gasteiger charge is 2.25. The Morgan fingerprint density at radius 2 is 1.76 bits per heavy atom. The molecule has 1 atom stereocenters. The molecule has 38 heavy (non-hydrogen) atoms. The predicted molar refractivity (Wildman–Crippen MR) is 143 cm³/mol. The van der Waals surface area contributed by atoms with E-state index in [1.165, 1.54) is 0 Å². The first-order chi connectivity index (χ1) is 18.5. The van der Waals surface area contributed by atoms with Crippen LogP contribution in [0.5, 0.6) is 0 Å². The maximum absolute atomic E-state index is 12.7. The van der Waals surface area contributed by atoms with Gasteiger partial charge >= 0.3 is 0 Å². The van der Waals surface area contributed by atoms with Crippen LogP contribution in [-0.4, -0.2) is 36.7 Å². The Labute approximate surface area is 216 Å². The molecule has 188 valence electrons. The van der Waals surface area contributed by atoms with Crippen LogP contribution in [0.15, 0.2) is 83.5 Å². The van der Waals surface area contributed by atoms with Crippen LogP contribution in [0.4, 0.5) is 0 Å². The second-order valence-electron chi connectivity index (χ2n) is 8.97. The lowest BCUT2D eigenvalue weighted by Gasteiger charge is -2.10. The molecule has 0 saturated carbocycles. The van der Waals surface area contributed by atoms with Crippen LogP contribution in [0.2, 0.25) is 0 Å². The number of fused-ring (bicyclic) bond motifs is 2. The molecule has 2 aromatic carbocycles. The summed E-state index contributed by atoms with van der Waals surface area (Å²) in [7, 11) is 0. The Morgan fingerprint density at radius 1 is 0.974 bits per heavy atom. The van der Waals surface area contributed by atoms with Gasteiger partial charge in [-0.3, -0.25) is 15.2 Å². The fourth-order valence-corrected chi connectivity index (χ4v) is 4.41.